The van der Waals surface area contributed by atoms with Crippen molar-refractivity contribution in [3.05, 3.63) is 42.4 Å². The predicted molar refractivity (Wildman–Crippen MR) is 110 cm³/mol. The second kappa shape index (κ2) is 6.88. The molecule has 8 heteroatoms. The lowest BCUT2D eigenvalue weighted by Crippen LogP contribution is -2.25. The fourth-order valence-electron chi connectivity index (χ4n) is 4.07. The number of rotatable bonds is 4. The van der Waals surface area contributed by atoms with E-state index >= 15 is 0 Å². The van der Waals surface area contributed by atoms with Crippen molar-refractivity contribution in [3.8, 4) is 0 Å². The molecule has 29 heavy (non-hydrogen) atoms. The van der Waals surface area contributed by atoms with Crippen molar-refractivity contribution >= 4 is 39.5 Å². The molecule has 1 aliphatic carbocycles. The summed E-state index contributed by atoms with van der Waals surface area (Å²) in [5.74, 6) is 0.483. The molecule has 1 fully saturated rings. The van der Waals surface area contributed by atoms with Gasteiger partial charge in [0.25, 0.3) is 5.91 Å². The lowest BCUT2D eigenvalue weighted by molar-refractivity contribution is 0.0815. The highest BCUT2D eigenvalue weighted by Crippen LogP contribution is 2.35. The third kappa shape index (κ3) is 3.10. The summed E-state index contributed by atoms with van der Waals surface area (Å²) in [6.07, 6.45) is 7.93. The predicted octanol–water partition coefficient (Wildman–Crippen LogP) is 4.13. The molecule has 8 nitrogen and oxygen atoms in total. The minimum absolute atomic E-state index is 0.0117. The fourth-order valence-corrected chi connectivity index (χ4v) is 4.07. The first-order valence-corrected chi connectivity index (χ1v) is 9.81. The molecule has 1 N–H and O–H groups in total. The molecular formula is C21H22N6O2. The van der Waals surface area contributed by atoms with Crippen LogP contribution >= 0.6 is 0 Å². The van der Waals surface area contributed by atoms with Crippen LogP contribution in [-0.2, 0) is 0 Å². The minimum Gasteiger partial charge on any atom is -0.356 e. The molecule has 1 aliphatic rings. The highest BCUT2D eigenvalue weighted by Gasteiger charge is 2.26. The number of amides is 1. The van der Waals surface area contributed by atoms with Crippen LogP contribution < -0.4 is 5.32 Å². The monoisotopic (exact) mass is 390 g/mol. The molecule has 1 amide bonds. The second-order valence-electron chi connectivity index (χ2n) is 7.71. The van der Waals surface area contributed by atoms with E-state index in [0.717, 1.165) is 40.5 Å². The first kappa shape index (κ1) is 17.7. The van der Waals surface area contributed by atoms with Crippen molar-refractivity contribution < 1.29 is 9.32 Å². The Morgan fingerprint density at radius 1 is 1.17 bits per heavy atom. The van der Waals surface area contributed by atoms with Gasteiger partial charge in [0, 0.05) is 42.8 Å². The maximum absolute atomic E-state index is 12.8. The van der Waals surface area contributed by atoms with E-state index in [4.69, 9.17) is 9.51 Å². The normalized spacial score (nSPS) is 14.7. The molecule has 148 valence electrons. The summed E-state index contributed by atoms with van der Waals surface area (Å²) in [4.78, 5) is 23.6. The zero-order valence-electron chi connectivity index (χ0n) is 16.4. The van der Waals surface area contributed by atoms with Gasteiger partial charge in [0.05, 0.1) is 6.20 Å². The van der Waals surface area contributed by atoms with Crippen molar-refractivity contribution in [2.45, 2.75) is 31.7 Å². The van der Waals surface area contributed by atoms with Gasteiger partial charge in [0.1, 0.15) is 11.3 Å². The Labute approximate surface area is 167 Å². The molecule has 0 unspecified atom stereocenters. The Balaban J connectivity index is 1.57. The summed E-state index contributed by atoms with van der Waals surface area (Å²) >= 11 is 0. The van der Waals surface area contributed by atoms with Crippen LogP contribution in [0.1, 0.15) is 42.2 Å². The Hall–Kier alpha value is -3.42. The SMILES string of the molecule is CN(C)C(=O)c1cc2cnc(Nc3ccc4oncc4c3)nc2n1C1CCCC1. The zero-order valence-corrected chi connectivity index (χ0v) is 16.4. The standard InChI is InChI=1S/C21H22N6O2/c1-26(2)20(28)17-10-14-11-22-21(25-19(14)27(17)16-5-3-4-6-16)24-15-7-8-18-13(9-15)12-23-29-18/h7-12,16H,3-6H2,1-2H3,(H,22,24,25). The first-order valence-electron chi connectivity index (χ1n) is 9.81. The topological polar surface area (TPSA) is 89.1 Å². The van der Waals surface area contributed by atoms with Crippen molar-refractivity contribution in [3.63, 3.8) is 0 Å². The molecule has 3 heterocycles. The Morgan fingerprint density at radius 2 is 2.00 bits per heavy atom. The van der Waals surface area contributed by atoms with Crippen LogP contribution in [0.15, 0.2) is 41.2 Å². The van der Waals surface area contributed by atoms with E-state index in [-0.39, 0.29) is 5.91 Å². The first-order chi connectivity index (χ1) is 14.1. The number of hydrogen-bond donors (Lipinski definition) is 1. The summed E-state index contributed by atoms with van der Waals surface area (Å²) in [5.41, 5.74) is 3.05. The number of hydrogen-bond acceptors (Lipinski definition) is 6. The Kier molecular flexibility index (Phi) is 4.19. The molecule has 0 radical (unpaired) electrons. The summed E-state index contributed by atoms with van der Waals surface area (Å²) in [6, 6.07) is 7.90. The minimum atomic E-state index is -0.0117. The van der Waals surface area contributed by atoms with E-state index in [1.807, 2.05) is 24.3 Å². The Morgan fingerprint density at radius 3 is 2.79 bits per heavy atom. The van der Waals surface area contributed by atoms with Gasteiger partial charge in [-0.05, 0) is 37.1 Å². The number of nitrogens with zero attached hydrogens (tertiary/aromatic N) is 5. The maximum Gasteiger partial charge on any atom is 0.270 e. The average Bonchev–Trinajstić information content (AvgIpc) is 3.45. The van der Waals surface area contributed by atoms with Crippen molar-refractivity contribution in [2.24, 2.45) is 0 Å². The summed E-state index contributed by atoms with van der Waals surface area (Å²) in [6.45, 7) is 0. The number of fused-ring (bicyclic) bond motifs is 2. The van der Waals surface area contributed by atoms with Crippen LogP contribution in [0, 0.1) is 0 Å². The van der Waals surface area contributed by atoms with Gasteiger partial charge in [0.15, 0.2) is 5.58 Å². The van der Waals surface area contributed by atoms with E-state index < -0.39 is 0 Å². The third-order valence-electron chi connectivity index (χ3n) is 5.50. The zero-order chi connectivity index (χ0) is 20.0. The second-order valence-corrected chi connectivity index (χ2v) is 7.71. The van der Waals surface area contributed by atoms with Crippen molar-refractivity contribution in [1.82, 2.24) is 24.6 Å². The van der Waals surface area contributed by atoms with Gasteiger partial charge in [0.2, 0.25) is 5.95 Å². The van der Waals surface area contributed by atoms with Gasteiger partial charge in [-0.15, -0.1) is 0 Å². The van der Waals surface area contributed by atoms with E-state index in [9.17, 15) is 4.79 Å². The molecular weight excluding hydrogens is 368 g/mol. The van der Waals surface area contributed by atoms with E-state index in [2.05, 4.69) is 20.0 Å². The molecule has 0 bridgehead atoms. The number of carbonyl (C=O) groups is 1. The molecule has 0 aliphatic heterocycles. The summed E-state index contributed by atoms with van der Waals surface area (Å²) in [5, 5.41) is 8.85. The molecule has 3 aromatic heterocycles. The van der Waals surface area contributed by atoms with Gasteiger partial charge in [-0.2, -0.15) is 4.98 Å². The van der Waals surface area contributed by atoms with Gasteiger partial charge in [-0.3, -0.25) is 4.79 Å². The Bertz CT molecular complexity index is 1200. The van der Waals surface area contributed by atoms with E-state index in [1.54, 1.807) is 31.4 Å². The molecule has 1 saturated carbocycles. The number of carbonyl (C=O) groups excluding carboxylic acids is 1. The van der Waals surface area contributed by atoms with E-state index in [0.29, 0.717) is 17.7 Å². The number of anilines is 2. The van der Waals surface area contributed by atoms with Crippen LogP contribution in [0.5, 0.6) is 0 Å². The number of aromatic nitrogens is 4. The van der Waals surface area contributed by atoms with Gasteiger partial charge >= 0.3 is 0 Å². The molecule has 1 aromatic carbocycles. The van der Waals surface area contributed by atoms with Crippen LogP contribution in [-0.4, -0.2) is 44.6 Å². The quantitative estimate of drug-likeness (QED) is 0.563. The molecule has 5 rings (SSSR count). The van der Waals surface area contributed by atoms with Crippen molar-refractivity contribution in [1.29, 1.82) is 0 Å². The summed E-state index contributed by atoms with van der Waals surface area (Å²) in [7, 11) is 3.55. The molecule has 4 aromatic rings. The number of nitrogens with one attached hydrogen (secondary N) is 1. The molecule has 0 spiro atoms. The average molecular weight is 390 g/mol. The summed E-state index contributed by atoms with van der Waals surface area (Å²) < 4.78 is 7.26. The van der Waals surface area contributed by atoms with Crippen molar-refractivity contribution in [2.75, 3.05) is 19.4 Å². The fraction of sp³-hybridized carbons (Fsp3) is 0.333. The van der Waals surface area contributed by atoms with Gasteiger partial charge < -0.3 is 19.3 Å². The maximum atomic E-state index is 12.8. The van der Waals surface area contributed by atoms with Crippen LogP contribution in [0.4, 0.5) is 11.6 Å². The van der Waals surface area contributed by atoms with Gasteiger partial charge in [-0.25, -0.2) is 4.98 Å². The van der Waals surface area contributed by atoms with Crippen LogP contribution in [0.3, 0.4) is 0 Å². The van der Waals surface area contributed by atoms with E-state index in [1.165, 1.54) is 12.8 Å². The largest absolute Gasteiger partial charge is 0.356 e. The lowest BCUT2D eigenvalue weighted by Gasteiger charge is -2.19. The van der Waals surface area contributed by atoms with Crippen LogP contribution in [0.25, 0.3) is 22.0 Å². The number of benzene rings is 1. The third-order valence-corrected chi connectivity index (χ3v) is 5.50. The van der Waals surface area contributed by atoms with Gasteiger partial charge in [-0.1, -0.05) is 18.0 Å². The highest BCUT2D eigenvalue weighted by molar-refractivity contribution is 5.98. The molecule has 0 atom stereocenters. The highest BCUT2D eigenvalue weighted by atomic mass is 16.5. The van der Waals surface area contributed by atoms with Crippen LogP contribution in [0.2, 0.25) is 0 Å². The molecule has 0 saturated heterocycles. The smallest absolute Gasteiger partial charge is 0.270 e. The lowest BCUT2D eigenvalue weighted by atomic mass is 10.2.